The topological polar surface area (TPSA) is 448 Å². The van der Waals surface area contributed by atoms with Gasteiger partial charge in [0.15, 0.2) is 0 Å². The minimum Gasteiger partial charge on any atom is -0.491 e. The van der Waals surface area contributed by atoms with E-state index in [4.69, 9.17) is 108 Å². The number of aromatic nitrogens is 2. The summed E-state index contributed by atoms with van der Waals surface area (Å²) >= 11 is 1.16. The van der Waals surface area contributed by atoms with Crippen molar-refractivity contribution in [2.45, 2.75) is 36.5 Å². The van der Waals surface area contributed by atoms with Crippen LogP contribution in [0.5, 0.6) is 11.5 Å². The number of hydrogen-bond acceptors (Lipinski definition) is 23. The van der Waals surface area contributed by atoms with Gasteiger partial charge in [-0.15, -0.1) is 0 Å². The fourth-order valence-electron chi connectivity index (χ4n) is 13.3. The van der Waals surface area contributed by atoms with Gasteiger partial charge >= 0.3 is 0 Å². The average molecular weight is 1520 g/mol. The molecule has 0 saturated carbocycles. The minimum absolute atomic E-state index is 0.200. The van der Waals surface area contributed by atoms with Gasteiger partial charge in [-0.05, 0) is 156 Å². The van der Waals surface area contributed by atoms with Gasteiger partial charge in [0.2, 0.25) is 0 Å². The van der Waals surface area contributed by atoms with Gasteiger partial charge in [-0.25, -0.2) is 0 Å². The molecule has 1 heterocycles. The normalized spacial score (nSPS) is 14.2. The Balaban J connectivity index is 1.07. The highest BCUT2D eigenvalue weighted by molar-refractivity contribution is 7.00. The highest BCUT2D eigenvalue weighted by atomic mass is 32.1. The maximum Gasteiger partial charge on any atom is 0.127 e. The van der Waals surface area contributed by atoms with Crippen LogP contribution in [0.3, 0.4) is 0 Å². The Morgan fingerprint density at radius 1 is 0.275 bits per heavy atom. The lowest BCUT2D eigenvalue weighted by atomic mass is 9.72. The van der Waals surface area contributed by atoms with Crippen molar-refractivity contribution < 1.29 is 66.3 Å². The van der Waals surface area contributed by atoms with Gasteiger partial charge in [-0.2, -0.15) is 8.75 Å². The summed E-state index contributed by atoms with van der Waals surface area (Å²) in [5.41, 5.74) is 66.7. The predicted molar refractivity (Wildman–Crippen MR) is 410 cm³/mol. The van der Waals surface area contributed by atoms with Gasteiger partial charge in [0.1, 0.15) is 35.7 Å². The van der Waals surface area contributed by atoms with Crippen LogP contribution in [-0.4, -0.2) is 220 Å². The molecule has 0 aliphatic heterocycles. The van der Waals surface area contributed by atoms with Crippen molar-refractivity contribution in [1.29, 1.82) is 0 Å². The highest BCUT2D eigenvalue weighted by Crippen LogP contribution is 2.57. The summed E-state index contributed by atoms with van der Waals surface area (Å²) < 4.78 is 94.2. The first-order valence-electron chi connectivity index (χ1n) is 36.1. The molecule has 1 aromatic heterocycles. The lowest BCUT2D eigenvalue weighted by molar-refractivity contribution is 0.0340. The van der Waals surface area contributed by atoms with E-state index in [1.165, 1.54) is 5.56 Å². The molecule has 0 unspecified atom stereocenters. The molecule has 576 valence electrons. The predicted octanol–water partition coefficient (Wildman–Crippen LogP) is 15.6. The Morgan fingerprint density at radius 3 is 0.936 bits per heavy atom. The van der Waals surface area contributed by atoms with E-state index in [9.17, 15) is 0 Å². The number of hydrogen-bond donors (Lipinski definition) is 0. The number of azide groups is 6. The Hall–Kier alpha value is -9.88. The molecular weight excluding hydrogens is 1430 g/mol. The largest absolute Gasteiger partial charge is 0.491 e. The number of ether oxygens (including phenoxy) is 14. The highest BCUT2D eigenvalue weighted by Gasteiger charge is 2.45. The molecule has 35 heteroatoms. The first-order chi connectivity index (χ1) is 53.9. The maximum absolute atomic E-state index is 8.85. The summed E-state index contributed by atoms with van der Waals surface area (Å²) in [6.45, 7) is 9.37. The third kappa shape index (κ3) is 24.6. The fraction of sp³-hybridized carbons (Fsp3) is 0.514. The smallest absolute Gasteiger partial charge is 0.127 e. The van der Waals surface area contributed by atoms with E-state index < -0.39 is 10.8 Å². The second-order valence-corrected chi connectivity index (χ2v) is 25.1. The molecule has 0 N–H and O–H groups in total. The summed E-state index contributed by atoms with van der Waals surface area (Å²) in [5, 5.41) is 21.3. The zero-order chi connectivity index (χ0) is 76.1. The second kappa shape index (κ2) is 47.8. The van der Waals surface area contributed by atoms with Gasteiger partial charge < -0.3 is 66.3 Å². The average Bonchev–Trinajstić information content (AvgIpc) is 1.58. The van der Waals surface area contributed by atoms with Crippen LogP contribution >= 0.6 is 11.7 Å². The van der Waals surface area contributed by atoms with Crippen LogP contribution < -0.4 is 9.47 Å². The van der Waals surface area contributed by atoms with E-state index in [0.29, 0.717) is 136 Å². The van der Waals surface area contributed by atoms with Crippen LogP contribution in [0.2, 0.25) is 0 Å². The molecule has 0 atom stereocenters. The fourth-order valence-corrected chi connectivity index (χ4v) is 13.9. The lowest BCUT2D eigenvalue weighted by Crippen LogP contribution is -2.30. The van der Waals surface area contributed by atoms with Gasteiger partial charge in [0, 0.05) is 123 Å². The number of nitrogens with zero attached hydrogens (tertiary/aromatic N) is 20. The standard InChI is InChI=1S/C74H90N20O14S/c75-89-81-19-29-99-39-35-95-25-15-73(16-26-96-36-40-100-30-20-82-90-76)66-4-2-1-3-61(66)62-9-5-55(51-67(62)73)59-12-13-60(72-71(59)87-109-88-72)56-6-10-63-64-11-7-57(53-69(64)74(68(63)52-56,17-27-97-37-41-101-31-21-83-91-77)18-28-98-38-42-102-32-22-84-92-78)65-54-58(107-49-47-105-45-43-103-33-23-85-93-79)8-14-70(65)108-50-48-106-46-44-104-34-24-86-94-80/h1-14,51-54H,15-50H2. The Labute approximate surface area is 634 Å². The quantitative estimate of drug-likeness (QED) is 0.0148. The zero-order valence-corrected chi connectivity index (χ0v) is 61.7. The molecule has 0 bridgehead atoms. The van der Waals surface area contributed by atoms with E-state index in [2.05, 4.69) is 151 Å². The molecule has 6 aromatic carbocycles. The third-order valence-corrected chi connectivity index (χ3v) is 18.8. The van der Waals surface area contributed by atoms with Gasteiger partial charge in [0.25, 0.3) is 0 Å². The molecule has 34 nitrogen and oxygen atoms in total. The Kier molecular flexibility index (Phi) is 36.5. The van der Waals surface area contributed by atoms with Crippen molar-refractivity contribution in [3.63, 3.8) is 0 Å². The van der Waals surface area contributed by atoms with Gasteiger partial charge in [-0.3, -0.25) is 0 Å². The van der Waals surface area contributed by atoms with Crippen molar-refractivity contribution in [1.82, 2.24) is 8.75 Å². The summed E-state index contributed by atoms with van der Waals surface area (Å²) in [7, 11) is 0. The van der Waals surface area contributed by atoms with Crippen LogP contribution in [0.1, 0.15) is 47.9 Å². The maximum atomic E-state index is 8.85. The van der Waals surface area contributed by atoms with Crippen molar-refractivity contribution in [3.8, 4) is 67.1 Å². The summed E-state index contributed by atoms with van der Waals surface area (Å²) in [6.07, 6.45) is 2.30. The molecule has 0 spiro atoms. The van der Waals surface area contributed by atoms with Crippen molar-refractivity contribution >= 4 is 22.8 Å². The Morgan fingerprint density at radius 2 is 0.569 bits per heavy atom. The van der Waals surface area contributed by atoms with E-state index >= 15 is 0 Å². The molecule has 7 aromatic rings. The van der Waals surface area contributed by atoms with Crippen molar-refractivity contribution in [2.75, 3.05) is 211 Å². The van der Waals surface area contributed by atoms with Crippen LogP contribution in [0, 0.1) is 0 Å². The van der Waals surface area contributed by atoms with Crippen molar-refractivity contribution in [2.24, 2.45) is 30.7 Å². The van der Waals surface area contributed by atoms with E-state index in [-0.39, 0.29) is 112 Å². The first kappa shape index (κ1) is 83.2. The summed E-state index contributed by atoms with van der Waals surface area (Å²) in [6, 6.07) is 38.3. The number of rotatable bonds is 59. The van der Waals surface area contributed by atoms with Crippen LogP contribution in [0.15, 0.2) is 140 Å². The van der Waals surface area contributed by atoms with Crippen LogP contribution in [0.4, 0.5) is 0 Å². The third-order valence-electron chi connectivity index (χ3n) is 18.2. The Bertz CT molecular complexity index is 4240. The van der Waals surface area contributed by atoms with Crippen LogP contribution in [0.25, 0.3) is 129 Å². The molecule has 0 fully saturated rings. The molecule has 109 heavy (non-hydrogen) atoms. The summed E-state index contributed by atoms with van der Waals surface area (Å²) in [5.74, 6) is 1.18. The monoisotopic (exact) mass is 1510 g/mol. The lowest BCUT2D eigenvalue weighted by Gasteiger charge is -2.33. The molecule has 2 aliphatic carbocycles. The minimum atomic E-state index is -0.745. The van der Waals surface area contributed by atoms with Gasteiger partial charge in [0.05, 0.1) is 144 Å². The molecule has 0 amide bonds. The molecule has 0 radical (unpaired) electrons. The molecule has 2 aliphatic rings. The van der Waals surface area contributed by atoms with Gasteiger partial charge in [-0.1, -0.05) is 103 Å². The van der Waals surface area contributed by atoms with E-state index in [1.54, 1.807) is 0 Å². The first-order valence-corrected chi connectivity index (χ1v) is 36.9. The van der Waals surface area contributed by atoms with E-state index in [1.807, 2.05) is 18.2 Å². The SMILES string of the molecule is [N-]=[N+]=NCCOCCOCCOc1ccc(OCCOCCOCCN=[N+]=[N-])c(-c2ccc3c(c2)C(CCOCCOCCN=[N+]=[N-])(CCOCCOCCN=[N+]=[N-])c2cc(-c4ccc(-c5ccc6c(c5)C(CCOCCOCCN=[N+]=[N-])(CCOCCOCCN=[N+]=[N-])c5ccccc5-6)c5nsnc45)ccc2-3)c1. The summed E-state index contributed by atoms with van der Waals surface area (Å²) in [4.78, 5) is 16.8. The zero-order valence-electron chi connectivity index (χ0n) is 60.9. The molecular formula is C74H90N20O14S. The van der Waals surface area contributed by atoms with Crippen molar-refractivity contribution in [3.05, 3.63) is 194 Å². The number of fused-ring (bicyclic) bond motifs is 7. The second-order valence-electron chi connectivity index (χ2n) is 24.5. The van der Waals surface area contributed by atoms with Crippen LogP contribution in [-0.2, 0) is 67.7 Å². The molecule has 9 rings (SSSR count). The number of benzene rings is 6. The van der Waals surface area contributed by atoms with E-state index in [0.717, 1.165) is 95.1 Å². The molecule has 0 saturated heterocycles.